The lowest BCUT2D eigenvalue weighted by Gasteiger charge is -2.21. The van der Waals surface area contributed by atoms with E-state index in [1.54, 1.807) is 7.11 Å². The van der Waals surface area contributed by atoms with Gasteiger partial charge in [-0.15, -0.1) is 0 Å². The molecule has 0 aliphatic rings. The van der Waals surface area contributed by atoms with Crippen molar-refractivity contribution in [3.8, 4) is 5.75 Å². The van der Waals surface area contributed by atoms with Crippen LogP contribution in [0.4, 0.5) is 0 Å². The zero-order valence-corrected chi connectivity index (χ0v) is 12.0. The van der Waals surface area contributed by atoms with Crippen LogP contribution in [0, 0.1) is 0 Å². The summed E-state index contributed by atoms with van der Waals surface area (Å²) in [4.78, 5) is 0. The molecule has 0 saturated heterocycles. The Morgan fingerprint density at radius 2 is 2.00 bits per heavy atom. The van der Waals surface area contributed by atoms with Crippen molar-refractivity contribution in [1.29, 1.82) is 0 Å². The van der Waals surface area contributed by atoms with Gasteiger partial charge in [0.2, 0.25) is 0 Å². The van der Waals surface area contributed by atoms with Gasteiger partial charge in [-0.05, 0) is 25.7 Å². The lowest BCUT2D eigenvalue weighted by Crippen LogP contribution is -2.31. The van der Waals surface area contributed by atoms with Gasteiger partial charge in [0.15, 0.2) is 0 Å². The molecule has 17 heavy (non-hydrogen) atoms. The van der Waals surface area contributed by atoms with Crippen LogP contribution in [0.2, 0.25) is 0 Å². The number of methoxy groups -OCH3 is 1. The van der Waals surface area contributed by atoms with E-state index >= 15 is 0 Å². The second-order valence-electron chi connectivity index (χ2n) is 4.19. The first-order valence-corrected chi connectivity index (χ1v) is 7.31. The maximum atomic E-state index is 5.38. The van der Waals surface area contributed by atoms with Crippen molar-refractivity contribution in [1.82, 2.24) is 5.32 Å². The fourth-order valence-corrected chi connectivity index (χ4v) is 2.57. The minimum absolute atomic E-state index is 0.318. The van der Waals surface area contributed by atoms with Gasteiger partial charge < -0.3 is 10.1 Å². The molecule has 3 heteroatoms. The highest BCUT2D eigenvalue weighted by Gasteiger charge is 2.12. The highest BCUT2D eigenvalue weighted by molar-refractivity contribution is 7.99. The van der Waals surface area contributed by atoms with E-state index in [1.807, 2.05) is 23.9 Å². The first kappa shape index (κ1) is 14.4. The van der Waals surface area contributed by atoms with Crippen molar-refractivity contribution in [2.75, 3.05) is 18.6 Å². The van der Waals surface area contributed by atoms with Crippen LogP contribution in [-0.2, 0) is 0 Å². The summed E-state index contributed by atoms with van der Waals surface area (Å²) in [7, 11) is 1.72. The SMILES string of the molecule is CCSCC(C)NC(C)c1ccccc1OC. The zero-order valence-electron chi connectivity index (χ0n) is 11.2. The molecule has 1 N–H and O–H groups in total. The monoisotopic (exact) mass is 253 g/mol. The molecule has 0 bridgehead atoms. The van der Waals surface area contributed by atoms with Crippen molar-refractivity contribution >= 4 is 11.8 Å². The molecule has 96 valence electrons. The van der Waals surface area contributed by atoms with Gasteiger partial charge in [0.25, 0.3) is 0 Å². The van der Waals surface area contributed by atoms with Gasteiger partial charge in [-0.3, -0.25) is 0 Å². The van der Waals surface area contributed by atoms with Crippen LogP contribution in [-0.4, -0.2) is 24.7 Å². The molecular weight excluding hydrogens is 230 g/mol. The Labute approximate surface area is 109 Å². The Bertz CT molecular complexity index is 330. The van der Waals surface area contributed by atoms with Gasteiger partial charge >= 0.3 is 0 Å². The van der Waals surface area contributed by atoms with Crippen molar-refractivity contribution in [3.63, 3.8) is 0 Å². The van der Waals surface area contributed by atoms with Gasteiger partial charge in [0, 0.05) is 23.4 Å². The summed E-state index contributed by atoms with van der Waals surface area (Å²) >= 11 is 1.97. The van der Waals surface area contributed by atoms with Crippen LogP contribution in [0.25, 0.3) is 0 Å². The molecule has 0 saturated carbocycles. The van der Waals surface area contributed by atoms with E-state index in [-0.39, 0.29) is 0 Å². The van der Waals surface area contributed by atoms with Crippen LogP contribution in [0.15, 0.2) is 24.3 Å². The third-order valence-electron chi connectivity index (χ3n) is 2.71. The lowest BCUT2D eigenvalue weighted by atomic mass is 10.1. The molecule has 2 nitrogen and oxygen atoms in total. The highest BCUT2D eigenvalue weighted by atomic mass is 32.2. The Hall–Kier alpha value is -0.670. The van der Waals surface area contributed by atoms with Crippen molar-refractivity contribution in [2.24, 2.45) is 0 Å². The zero-order chi connectivity index (χ0) is 12.7. The summed E-state index contributed by atoms with van der Waals surface area (Å²) in [6.45, 7) is 6.61. The summed E-state index contributed by atoms with van der Waals surface area (Å²) in [5, 5.41) is 3.60. The van der Waals surface area contributed by atoms with E-state index in [4.69, 9.17) is 4.74 Å². The number of nitrogens with one attached hydrogen (secondary N) is 1. The largest absolute Gasteiger partial charge is 0.496 e. The molecule has 0 amide bonds. The van der Waals surface area contributed by atoms with Crippen LogP contribution in [0.1, 0.15) is 32.4 Å². The number of ether oxygens (including phenoxy) is 1. The van der Waals surface area contributed by atoms with Gasteiger partial charge in [-0.1, -0.05) is 25.1 Å². The van der Waals surface area contributed by atoms with E-state index in [0.29, 0.717) is 12.1 Å². The van der Waals surface area contributed by atoms with Gasteiger partial charge in [-0.2, -0.15) is 11.8 Å². The summed E-state index contributed by atoms with van der Waals surface area (Å²) in [5.41, 5.74) is 1.23. The third kappa shape index (κ3) is 4.60. The third-order valence-corrected chi connectivity index (χ3v) is 3.86. The maximum Gasteiger partial charge on any atom is 0.123 e. The maximum absolute atomic E-state index is 5.38. The number of para-hydroxylation sites is 1. The van der Waals surface area contributed by atoms with Crippen molar-refractivity contribution in [2.45, 2.75) is 32.9 Å². The van der Waals surface area contributed by atoms with Crippen molar-refractivity contribution in [3.05, 3.63) is 29.8 Å². The molecule has 0 fully saturated rings. The first-order valence-electron chi connectivity index (χ1n) is 6.15. The summed E-state index contributed by atoms with van der Waals surface area (Å²) < 4.78 is 5.38. The van der Waals surface area contributed by atoms with Gasteiger partial charge in [0.1, 0.15) is 5.75 Å². The molecule has 1 rings (SSSR count). The fraction of sp³-hybridized carbons (Fsp3) is 0.571. The van der Waals surface area contributed by atoms with Crippen LogP contribution in [0.3, 0.4) is 0 Å². The molecule has 0 aromatic heterocycles. The second-order valence-corrected chi connectivity index (χ2v) is 5.51. The molecule has 1 aromatic carbocycles. The quantitative estimate of drug-likeness (QED) is 0.804. The predicted molar refractivity (Wildman–Crippen MR) is 77.0 cm³/mol. The Morgan fingerprint density at radius 1 is 1.29 bits per heavy atom. The van der Waals surface area contributed by atoms with Crippen LogP contribution >= 0.6 is 11.8 Å². The van der Waals surface area contributed by atoms with Crippen LogP contribution in [0.5, 0.6) is 5.75 Å². The van der Waals surface area contributed by atoms with E-state index in [1.165, 1.54) is 11.3 Å². The molecular formula is C14H23NOS. The Morgan fingerprint density at radius 3 is 2.65 bits per heavy atom. The standard InChI is InChI=1S/C14H23NOS/c1-5-17-10-11(2)15-12(3)13-8-6-7-9-14(13)16-4/h6-9,11-12,15H,5,10H2,1-4H3. The molecule has 0 aliphatic carbocycles. The van der Waals surface area contributed by atoms with E-state index in [9.17, 15) is 0 Å². The van der Waals surface area contributed by atoms with Crippen molar-refractivity contribution < 1.29 is 4.74 Å². The minimum Gasteiger partial charge on any atom is -0.496 e. The van der Waals surface area contributed by atoms with E-state index in [0.717, 1.165) is 11.5 Å². The molecule has 2 atom stereocenters. The second kappa shape index (κ2) is 7.62. The smallest absolute Gasteiger partial charge is 0.123 e. The molecule has 2 unspecified atom stereocenters. The van der Waals surface area contributed by atoms with Crippen LogP contribution < -0.4 is 10.1 Å². The van der Waals surface area contributed by atoms with E-state index < -0.39 is 0 Å². The number of hydrogen-bond donors (Lipinski definition) is 1. The average Bonchev–Trinajstić information content (AvgIpc) is 2.36. The van der Waals surface area contributed by atoms with Gasteiger partial charge in [-0.25, -0.2) is 0 Å². The number of rotatable bonds is 7. The Kier molecular flexibility index (Phi) is 6.45. The normalized spacial score (nSPS) is 14.4. The molecule has 1 aromatic rings. The fourth-order valence-electron chi connectivity index (χ4n) is 1.88. The average molecular weight is 253 g/mol. The predicted octanol–water partition coefficient (Wildman–Crippen LogP) is 3.49. The molecule has 0 spiro atoms. The number of benzene rings is 1. The lowest BCUT2D eigenvalue weighted by molar-refractivity contribution is 0.398. The highest BCUT2D eigenvalue weighted by Crippen LogP contribution is 2.24. The molecule has 0 radical (unpaired) electrons. The van der Waals surface area contributed by atoms with E-state index in [2.05, 4.69) is 38.2 Å². The minimum atomic E-state index is 0.318. The Balaban J connectivity index is 2.59. The molecule has 0 aliphatic heterocycles. The van der Waals surface area contributed by atoms with Gasteiger partial charge in [0.05, 0.1) is 7.11 Å². The molecule has 0 heterocycles. The summed E-state index contributed by atoms with van der Waals surface area (Å²) in [6, 6.07) is 9.03. The topological polar surface area (TPSA) is 21.3 Å². The summed E-state index contributed by atoms with van der Waals surface area (Å²) in [5.74, 6) is 3.29. The summed E-state index contributed by atoms with van der Waals surface area (Å²) in [6.07, 6.45) is 0. The number of thioether (sulfide) groups is 1. The first-order chi connectivity index (χ1) is 8.19. The number of hydrogen-bond acceptors (Lipinski definition) is 3.